The molecule has 0 radical (unpaired) electrons. The van der Waals surface area contributed by atoms with Gasteiger partial charge >= 0.3 is 0 Å². The van der Waals surface area contributed by atoms with E-state index in [0.29, 0.717) is 37.6 Å². The predicted octanol–water partition coefficient (Wildman–Crippen LogP) is 0.467. The maximum absolute atomic E-state index is 12.8. The summed E-state index contributed by atoms with van der Waals surface area (Å²) in [4.78, 5) is 39.8. The Morgan fingerprint density at radius 2 is 1.74 bits per heavy atom. The molecule has 1 unspecified atom stereocenters. The lowest BCUT2D eigenvalue weighted by Gasteiger charge is -2.40. The number of nitrogens with one attached hydrogen (secondary N) is 1. The van der Waals surface area contributed by atoms with Gasteiger partial charge in [0.2, 0.25) is 5.91 Å². The third-order valence-corrected chi connectivity index (χ3v) is 4.30. The number of rotatable bonds is 1. The van der Waals surface area contributed by atoms with Crippen LogP contribution in [0.25, 0.3) is 0 Å². The normalized spacial score (nSPS) is 23.7. The van der Waals surface area contributed by atoms with Crippen LogP contribution in [-0.4, -0.2) is 59.3 Å². The Balaban J connectivity index is 1.77. The van der Waals surface area contributed by atoms with Gasteiger partial charge in [-0.2, -0.15) is 0 Å². The molecule has 2 aliphatic heterocycles. The zero-order valence-electron chi connectivity index (χ0n) is 13.2. The fourth-order valence-corrected chi connectivity index (χ4v) is 2.83. The Morgan fingerprint density at radius 1 is 1.13 bits per heavy atom. The first-order chi connectivity index (χ1) is 10.9. The number of hydrogen-bond donors (Lipinski definition) is 1. The monoisotopic (exact) mass is 317 g/mol. The topological polar surface area (TPSA) is 79.0 Å². The fourth-order valence-electron chi connectivity index (χ4n) is 2.83. The van der Waals surface area contributed by atoms with E-state index in [4.69, 9.17) is 4.74 Å². The van der Waals surface area contributed by atoms with Gasteiger partial charge in [-0.05, 0) is 19.1 Å². The zero-order chi connectivity index (χ0) is 16.6. The molecule has 0 saturated carbocycles. The molecule has 1 aromatic carbocycles. The predicted molar refractivity (Wildman–Crippen MR) is 82.9 cm³/mol. The number of nitrogens with zero attached hydrogens (tertiary/aromatic N) is 2. The molecule has 3 amide bonds. The second kappa shape index (κ2) is 5.57. The van der Waals surface area contributed by atoms with Crippen molar-refractivity contribution < 1.29 is 19.1 Å². The molecule has 1 saturated heterocycles. The molecule has 1 aromatic rings. The van der Waals surface area contributed by atoms with E-state index in [1.165, 1.54) is 13.8 Å². The van der Waals surface area contributed by atoms with Crippen molar-refractivity contribution in [2.24, 2.45) is 0 Å². The minimum absolute atomic E-state index is 0.0103. The molecule has 0 spiro atoms. The molecular weight excluding hydrogens is 298 g/mol. The first-order valence-electron chi connectivity index (χ1n) is 7.56. The van der Waals surface area contributed by atoms with Crippen LogP contribution in [0.4, 0.5) is 5.69 Å². The first kappa shape index (κ1) is 15.3. The van der Waals surface area contributed by atoms with E-state index < -0.39 is 11.5 Å². The number of fused-ring (bicyclic) bond motifs is 1. The summed E-state index contributed by atoms with van der Waals surface area (Å²) in [6, 6.07) is 7.01. The molecule has 1 fully saturated rings. The van der Waals surface area contributed by atoms with Crippen molar-refractivity contribution in [3.05, 3.63) is 24.3 Å². The molecule has 0 aliphatic carbocycles. The molecular formula is C16H19N3O4. The highest BCUT2D eigenvalue weighted by Gasteiger charge is 2.49. The van der Waals surface area contributed by atoms with Crippen molar-refractivity contribution in [3.63, 3.8) is 0 Å². The fraction of sp³-hybridized carbons (Fsp3) is 0.438. The first-order valence-corrected chi connectivity index (χ1v) is 7.56. The Morgan fingerprint density at radius 3 is 2.39 bits per heavy atom. The second-order valence-corrected chi connectivity index (χ2v) is 5.88. The van der Waals surface area contributed by atoms with Crippen molar-refractivity contribution >= 4 is 23.4 Å². The zero-order valence-corrected chi connectivity index (χ0v) is 13.2. The molecule has 122 valence electrons. The van der Waals surface area contributed by atoms with Crippen LogP contribution in [0.5, 0.6) is 5.75 Å². The van der Waals surface area contributed by atoms with Gasteiger partial charge in [0, 0.05) is 33.1 Å². The molecule has 0 bridgehead atoms. The van der Waals surface area contributed by atoms with Gasteiger partial charge in [0.15, 0.2) is 0 Å². The number of amides is 3. The lowest BCUT2D eigenvalue weighted by molar-refractivity contribution is -0.157. The SMILES string of the molecule is CC(=O)N1CCN(C(=O)C2(C)Oc3ccccc3NC2=O)CC1. The molecule has 7 heteroatoms. The summed E-state index contributed by atoms with van der Waals surface area (Å²) in [6.07, 6.45) is 0. The van der Waals surface area contributed by atoms with Gasteiger partial charge in [-0.1, -0.05) is 12.1 Å². The van der Waals surface area contributed by atoms with Gasteiger partial charge in [-0.25, -0.2) is 0 Å². The number of benzene rings is 1. The molecule has 23 heavy (non-hydrogen) atoms. The van der Waals surface area contributed by atoms with Gasteiger partial charge in [-0.3, -0.25) is 14.4 Å². The number of ether oxygens (including phenoxy) is 1. The highest BCUT2D eigenvalue weighted by Crippen LogP contribution is 2.34. The third-order valence-electron chi connectivity index (χ3n) is 4.30. The van der Waals surface area contributed by atoms with E-state index in [2.05, 4.69) is 5.32 Å². The minimum atomic E-state index is -1.59. The number of hydrogen-bond acceptors (Lipinski definition) is 4. The van der Waals surface area contributed by atoms with Crippen LogP contribution in [0.1, 0.15) is 13.8 Å². The summed E-state index contributed by atoms with van der Waals surface area (Å²) in [7, 11) is 0. The molecule has 1 atom stereocenters. The van der Waals surface area contributed by atoms with Crippen LogP contribution in [-0.2, 0) is 14.4 Å². The summed E-state index contributed by atoms with van der Waals surface area (Å²) in [6.45, 7) is 4.72. The average Bonchev–Trinajstić information content (AvgIpc) is 2.55. The summed E-state index contributed by atoms with van der Waals surface area (Å²) in [5.41, 5.74) is -1.03. The molecule has 2 aliphatic rings. The molecule has 0 aromatic heterocycles. The summed E-state index contributed by atoms with van der Waals surface area (Å²) >= 11 is 0. The molecule has 2 heterocycles. The largest absolute Gasteiger partial charge is 0.466 e. The summed E-state index contributed by atoms with van der Waals surface area (Å²) < 4.78 is 5.74. The van der Waals surface area contributed by atoms with E-state index in [1.54, 1.807) is 34.1 Å². The van der Waals surface area contributed by atoms with E-state index in [1.807, 2.05) is 0 Å². The number of carbonyl (C=O) groups excluding carboxylic acids is 3. The summed E-state index contributed by atoms with van der Waals surface area (Å²) in [5, 5.41) is 2.72. The maximum Gasteiger partial charge on any atom is 0.278 e. The average molecular weight is 317 g/mol. The van der Waals surface area contributed by atoms with E-state index in [0.717, 1.165) is 0 Å². The quantitative estimate of drug-likeness (QED) is 0.764. The van der Waals surface area contributed by atoms with Gasteiger partial charge in [0.1, 0.15) is 5.75 Å². The Bertz CT molecular complexity index is 667. The Kier molecular flexibility index (Phi) is 3.71. The molecule has 3 rings (SSSR count). The summed E-state index contributed by atoms with van der Waals surface area (Å²) in [5.74, 6) is -0.392. The number of carbonyl (C=O) groups is 3. The van der Waals surface area contributed by atoms with Crippen molar-refractivity contribution in [3.8, 4) is 5.75 Å². The molecule has 1 N–H and O–H groups in total. The van der Waals surface area contributed by atoms with E-state index in [-0.39, 0.29) is 11.8 Å². The van der Waals surface area contributed by atoms with Crippen LogP contribution >= 0.6 is 0 Å². The Labute approximate surface area is 134 Å². The maximum atomic E-state index is 12.8. The Hall–Kier alpha value is -2.57. The number of piperazine rings is 1. The third kappa shape index (κ3) is 2.62. The minimum Gasteiger partial charge on any atom is -0.466 e. The second-order valence-electron chi connectivity index (χ2n) is 5.88. The number of anilines is 1. The van der Waals surface area contributed by atoms with Gasteiger partial charge in [0.05, 0.1) is 5.69 Å². The van der Waals surface area contributed by atoms with Crippen molar-refractivity contribution in [2.75, 3.05) is 31.5 Å². The van der Waals surface area contributed by atoms with Crippen molar-refractivity contribution in [1.29, 1.82) is 0 Å². The highest BCUT2D eigenvalue weighted by molar-refractivity contribution is 6.15. The number of para-hydroxylation sites is 2. The molecule has 7 nitrogen and oxygen atoms in total. The van der Waals surface area contributed by atoms with Gasteiger partial charge in [0.25, 0.3) is 17.4 Å². The van der Waals surface area contributed by atoms with Crippen LogP contribution < -0.4 is 10.1 Å². The van der Waals surface area contributed by atoms with Crippen LogP contribution in [0.15, 0.2) is 24.3 Å². The van der Waals surface area contributed by atoms with E-state index >= 15 is 0 Å². The lowest BCUT2D eigenvalue weighted by Crippen LogP contribution is -2.62. The van der Waals surface area contributed by atoms with Gasteiger partial charge in [-0.15, -0.1) is 0 Å². The van der Waals surface area contributed by atoms with E-state index in [9.17, 15) is 14.4 Å². The van der Waals surface area contributed by atoms with Crippen molar-refractivity contribution in [1.82, 2.24) is 9.80 Å². The standard InChI is InChI=1S/C16H19N3O4/c1-11(20)18-7-9-19(10-8-18)15(22)16(2)14(21)17-12-5-3-4-6-13(12)23-16/h3-6H,7-10H2,1-2H3,(H,17,21). The van der Waals surface area contributed by atoms with Gasteiger partial charge < -0.3 is 19.9 Å². The highest BCUT2D eigenvalue weighted by atomic mass is 16.5. The van der Waals surface area contributed by atoms with Crippen LogP contribution in [0.2, 0.25) is 0 Å². The van der Waals surface area contributed by atoms with Crippen molar-refractivity contribution in [2.45, 2.75) is 19.4 Å². The van der Waals surface area contributed by atoms with Crippen LogP contribution in [0, 0.1) is 0 Å². The van der Waals surface area contributed by atoms with Crippen LogP contribution in [0.3, 0.4) is 0 Å². The smallest absolute Gasteiger partial charge is 0.278 e. The lowest BCUT2D eigenvalue weighted by atomic mass is 10.0.